The number of hydrogen-bond donors (Lipinski definition) is 1. The van der Waals surface area contributed by atoms with Gasteiger partial charge in [0.15, 0.2) is 0 Å². The SMILES string of the molecule is O=C(CSCc1ccccc1)Nc1nnc(-c2ccccc2)o1. The van der Waals surface area contributed by atoms with E-state index in [0.717, 1.165) is 11.3 Å². The Morgan fingerprint density at radius 2 is 1.70 bits per heavy atom. The van der Waals surface area contributed by atoms with Gasteiger partial charge in [0.2, 0.25) is 11.8 Å². The van der Waals surface area contributed by atoms with Gasteiger partial charge in [0.25, 0.3) is 0 Å². The molecule has 1 N–H and O–H groups in total. The number of aromatic nitrogens is 2. The molecule has 0 fully saturated rings. The number of anilines is 1. The van der Waals surface area contributed by atoms with Crippen LogP contribution in [0.3, 0.4) is 0 Å². The van der Waals surface area contributed by atoms with Crippen molar-refractivity contribution >= 4 is 23.7 Å². The van der Waals surface area contributed by atoms with Gasteiger partial charge >= 0.3 is 6.01 Å². The fourth-order valence-corrected chi connectivity index (χ4v) is 2.75. The van der Waals surface area contributed by atoms with Crippen LogP contribution in [0.25, 0.3) is 11.5 Å². The predicted molar refractivity (Wildman–Crippen MR) is 91.0 cm³/mol. The molecule has 3 rings (SSSR count). The van der Waals surface area contributed by atoms with E-state index in [1.165, 1.54) is 17.3 Å². The van der Waals surface area contributed by atoms with Crippen LogP contribution < -0.4 is 5.32 Å². The molecule has 0 aliphatic carbocycles. The van der Waals surface area contributed by atoms with Gasteiger partial charge in [-0.05, 0) is 17.7 Å². The van der Waals surface area contributed by atoms with E-state index in [-0.39, 0.29) is 11.9 Å². The molecule has 0 saturated heterocycles. The third kappa shape index (κ3) is 4.43. The first-order valence-corrected chi connectivity index (χ1v) is 8.27. The third-order valence-corrected chi connectivity index (χ3v) is 4.04. The summed E-state index contributed by atoms with van der Waals surface area (Å²) in [6.45, 7) is 0. The number of nitrogens with zero attached hydrogens (tertiary/aromatic N) is 2. The Morgan fingerprint density at radius 3 is 2.43 bits per heavy atom. The van der Waals surface area contributed by atoms with E-state index in [9.17, 15) is 4.79 Å². The highest BCUT2D eigenvalue weighted by Gasteiger charge is 2.11. The lowest BCUT2D eigenvalue weighted by Gasteiger charge is -2.01. The van der Waals surface area contributed by atoms with E-state index < -0.39 is 0 Å². The van der Waals surface area contributed by atoms with Crippen molar-refractivity contribution in [2.45, 2.75) is 5.75 Å². The van der Waals surface area contributed by atoms with Crippen molar-refractivity contribution in [3.63, 3.8) is 0 Å². The maximum Gasteiger partial charge on any atom is 0.322 e. The first kappa shape index (κ1) is 15.3. The Labute approximate surface area is 138 Å². The fourth-order valence-electron chi connectivity index (χ4n) is 1.96. The summed E-state index contributed by atoms with van der Waals surface area (Å²) in [5.74, 6) is 1.35. The number of thioether (sulfide) groups is 1. The molecular formula is C17H15N3O2S. The van der Waals surface area contributed by atoms with E-state index in [0.29, 0.717) is 11.6 Å². The monoisotopic (exact) mass is 325 g/mol. The number of hydrogen-bond acceptors (Lipinski definition) is 5. The number of rotatable bonds is 6. The first-order valence-electron chi connectivity index (χ1n) is 7.12. The lowest BCUT2D eigenvalue weighted by molar-refractivity contribution is -0.113. The molecule has 0 atom stereocenters. The summed E-state index contributed by atoms with van der Waals surface area (Å²) in [6, 6.07) is 19.6. The molecule has 23 heavy (non-hydrogen) atoms. The van der Waals surface area contributed by atoms with Crippen LogP contribution in [0, 0.1) is 0 Å². The molecule has 2 aromatic carbocycles. The number of amides is 1. The van der Waals surface area contributed by atoms with Crippen molar-refractivity contribution < 1.29 is 9.21 Å². The molecular weight excluding hydrogens is 310 g/mol. The molecule has 1 amide bonds. The summed E-state index contributed by atoms with van der Waals surface area (Å²) in [4.78, 5) is 11.9. The molecule has 1 heterocycles. The Morgan fingerprint density at radius 1 is 1.00 bits per heavy atom. The lowest BCUT2D eigenvalue weighted by Crippen LogP contribution is -2.14. The lowest BCUT2D eigenvalue weighted by atomic mass is 10.2. The molecule has 1 aromatic heterocycles. The summed E-state index contributed by atoms with van der Waals surface area (Å²) in [6.07, 6.45) is 0. The van der Waals surface area contributed by atoms with Gasteiger partial charge in [-0.15, -0.1) is 16.9 Å². The number of benzene rings is 2. The van der Waals surface area contributed by atoms with Gasteiger partial charge in [-0.1, -0.05) is 53.6 Å². The van der Waals surface area contributed by atoms with Crippen LogP contribution in [0.2, 0.25) is 0 Å². The largest absolute Gasteiger partial charge is 0.403 e. The topological polar surface area (TPSA) is 68.0 Å². The van der Waals surface area contributed by atoms with Crippen LogP contribution in [0.4, 0.5) is 6.01 Å². The average Bonchev–Trinajstić information content (AvgIpc) is 3.05. The summed E-state index contributed by atoms with van der Waals surface area (Å²) in [7, 11) is 0. The number of carbonyl (C=O) groups excluding carboxylic acids is 1. The standard InChI is InChI=1S/C17H15N3O2S/c21-15(12-23-11-13-7-3-1-4-8-13)18-17-20-19-16(22-17)14-9-5-2-6-10-14/h1-10H,11-12H2,(H,18,20,21). The van der Waals surface area contributed by atoms with Crippen molar-refractivity contribution in [1.29, 1.82) is 0 Å². The average molecular weight is 325 g/mol. The Bertz CT molecular complexity index is 760. The molecule has 0 saturated carbocycles. The maximum atomic E-state index is 11.9. The van der Waals surface area contributed by atoms with Gasteiger partial charge < -0.3 is 4.42 Å². The number of nitrogens with one attached hydrogen (secondary N) is 1. The van der Waals surface area contributed by atoms with Crippen LogP contribution in [0.15, 0.2) is 65.1 Å². The van der Waals surface area contributed by atoms with E-state index >= 15 is 0 Å². The van der Waals surface area contributed by atoms with Crippen LogP contribution in [0.1, 0.15) is 5.56 Å². The molecule has 0 unspecified atom stereocenters. The number of carbonyl (C=O) groups is 1. The highest BCUT2D eigenvalue weighted by atomic mass is 32.2. The van der Waals surface area contributed by atoms with Gasteiger partial charge in [0, 0.05) is 11.3 Å². The second-order valence-electron chi connectivity index (χ2n) is 4.80. The van der Waals surface area contributed by atoms with Gasteiger partial charge in [0.05, 0.1) is 5.75 Å². The zero-order valence-corrected chi connectivity index (χ0v) is 13.1. The summed E-state index contributed by atoms with van der Waals surface area (Å²) < 4.78 is 5.44. The Balaban J connectivity index is 1.49. The summed E-state index contributed by atoms with van der Waals surface area (Å²) >= 11 is 1.53. The van der Waals surface area contributed by atoms with Gasteiger partial charge in [-0.25, -0.2) is 0 Å². The van der Waals surface area contributed by atoms with Crippen molar-refractivity contribution in [1.82, 2.24) is 10.2 Å². The minimum absolute atomic E-state index is 0.120. The second-order valence-corrected chi connectivity index (χ2v) is 5.79. The van der Waals surface area contributed by atoms with Crippen molar-refractivity contribution in [2.75, 3.05) is 11.1 Å². The molecule has 3 aromatic rings. The van der Waals surface area contributed by atoms with Crippen LogP contribution in [-0.4, -0.2) is 21.9 Å². The highest BCUT2D eigenvalue weighted by molar-refractivity contribution is 7.99. The first-order chi connectivity index (χ1) is 11.3. The van der Waals surface area contributed by atoms with Crippen molar-refractivity contribution in [3.05, 3.63) is 66.2 Å². The van der Waals surface area contributed by atoms with Crippen molar-refractivity contribution in [3.8, 4) is 11.5 Å². The molecule has 5 nitrogen and oxygen atoms in total. The molecule has 0 bridgehead atoms. The smallest absolute Gasteiger partial charge is 0.322 e. The quantitative estimate of drug-likeness (QED) is 0.750. The Hall–Kier alpha value is -2.60. The minimum Gasteiger partial charge on any atom is -0.403 e. The molecule has 0 radical (unpaired) electrons. The third-order valence-electron chi connectivity index (χ3n) is 3.04. The molecule has 0 aliphatic heterocycles. The van der Waals surface area contributed by atoms with Crippen LogP contribution in [-0.2, 0) is 10.5 Å². The van der Waals surface area contributed by atoms with E-state index in [4.69, 9.17) is 4.42 Å². The maximum absolute atomic E-state index is 11.9. The van der Waals surface area contributed by atoms with E-state index in [2.05, 4.69) is 15.5 Å². The molecule has 0 aliphatic rings. The zero-order valence-electron chi connectivity index (χ0n) is 12.3. The normalized spacial score (nSPS) is 10.4. The molecule has 6 heteroatoms. The van der Waals surface area contributed by atoms with Crippen LogP contribution >= 0.6 is 11.8 Å². The van der Waals surface area contributed by atoms with E-state index in [1.54, 1.807) is 0 Å². The zero-order chi connectivity index (χ0) is 15.9. The summed E-state index contributed by atoms with van der Waals surface area (Å²) in [5.41, 5.74) is 2.01. The van der Waals surface area contributed by atoms with Gasteiger partial charge in [0.1, 0.15) is 0 Å². The Kier molecular flexibility index (Phi) is 5.06. The fraction of sp³-hybridized carbons (Fsp3) is 0.118. The molecule has 116 valence electrons. The van der Waals surface area contributed by atoms with Crippen LogP contribution in [0.5, 0.6) is 0 Å². The van der Waals surface area contributed by atoms with Crippen molar-refractivity contribution in [2.24, 2.45) is 0 Å². The minimum atomic E-state index is -0.158. The highest BCUT2D eigenvalue weighted by Crippen LogP contribution is 2.19. The summed E-state index contributed by atoms with van der Waals surface area (Å²) in [5, 5.41) is 10.4. The van der Waals surface area contributed by atoms with Gasteiger partial charge in [-0.2, -0.15) is 0 Å². The molecule has 0 spiro atoms. The predicted octanol–water partition coefficient (Wildman–Crippen LogP) is 3.61. The second kappa shape index (κ2) is 7.60. The van der Waals surface area contributed by atoms with Gasteiger partial charge in [-0.3, -0.25) is 10.1 Å². The van der Waals surface area contributed by atoms with E-state index in [1.807, 2.05) is 60.7 Å².